The predicted molar refractivity (Wildman–Crippen MR) is 93.3 cm³/mol. The molecule has 0 saturated heterocycles. The highest BCUT2D eigenvalue weighted by atomic mass is 19.3. The molecular formula is C19H13F2NO6. The second kappa shape index (κ2) is 8.30. The summed E-state index contributed by atoms with van der Waals surface area (Å²) in [4.78, 5) is 26.9. The van der Waals surface area contributed by atoms with Gasteiger partial charge in [-0.15, -0.1) is 0 Å². The standard InChI is InChI=1S/C19H13F2NO6/c20-19(21)27-15-8-4-2-6-12(15)17-22-13(18(25)28-17)9-11-5-1-3-7-14(11)26-10-16(23)24/h1-9,19H,10H2,(H,23,24)/b13-9-. The van der Waals surface area contributed by atoms with Gasteiger partial charge in [-0.2, -0.15) is 8.78 Å². The molecule has 0 saturated carbocycles. The summed E-state index contributed by atoms with van der Waals surface area (Å²) in [6.07, 6.45) is 1.35. The van der Waals surface area contributed by atoms with Crippen molar-refractivity contribution < 1.29 is 37.7 Å². The van der Waals surface area contributed by atoms with Crippen molar-refractivity contribution in [3.63, 3.8) is 0 Å². The molecule has 2 aromatic carbocycles. The fraction of sp³-hybridized carbons (Fsp3) is 0.105. The Kier molecular flexibility index (Phi) is 5.64. The number of rotatable bonds is 7. The van der Waals surface area contributed by atoms with Gasteiger partial charge in [0.2, 0.25) is 5.90 Å². The number of aliphatic carboxylic acids is 1. The molecule has 7 nitrogen and oxygen atoms in total. The Bertz CT molecular complexity index is 970. The molecule has 0 bridgehead atoms. The molecular weight excluding hydrogens is 376 g/mol. The van der Waals surface area contributed by atoms with Crippen molar-refractivity contribution in [2.24, 2.45) is 4.99 Å². The molecule has 1 aliphatic rings. The maximum Gasteiger partial charge on any atom is 0.387 e. The van der Waals surface area contributed by atoms with Crippen LogP contribution in [0.25, 0.3) is 6.08 Å². The predicted octanol–water partition coefficient (Wildman–Crippen LogP) is 3.10. The van der Waals surface area contributed by atoms with Crippen molar-refractivity contribution in [2.75, 3.05) is 6.61 Å². The van der Waals surface area contributed by atoms with Gasteiger partial charge in [0.25, 0.3) is 0 Å². The summed E-state index contributed by atoms with van der Waals surface area (Å²) in [5.74, 6) is -2.09. The Hall–Kier alpha value is -3.75. The van der Waals surface area contributed by atoms with E-state index in [1.807, 2.05) is 0 Å². The zero-order valence-corrected chi connectivity index (χ0v) is 14.2. The lowest BCUT2D eigenvalue weighted by atomic mass is 10.1. The summed E-state index contributed by atoms with van der Waals surface area (Å²) >= 11 is 0. The van der Waals surface area contributed by atoms with Crippen LogP contribution in [0.5, 0.6) is 11.5 Å². The fourth-order valence-electron chi connectivity index (χ4n) is 2.38. The Morgan fingerprint density at radius 2 is 1.82 bits per heavy atom. The maximum atomic E-state index is 12.6. The summed E-state index contributed by atoms with van der Waals surface area (Å²) < 4.78 is 39.8. The number of aliphatic imine (C=N–C) groups is 1. The first-order chi connectivity index (χ1) is 13.4. The van der Waals surface area contributed by atoms with Crippen LogP contribution in [0.2, 0.25) is 0 Å². The van der Waals surface area contributed by atoms with Crippen LogP contribution in [0.4, 0.5) is 8.78 Å². The van der Waals surface area contributed by atoms with Crippen molar-refractivity contribution in [3.05, 3.63) is 65.4 Å². The lowest BCUT2D eigenvalue weighted by Gasteiger charge is -2.08. The van der Waals surface area contributed by atoms with E-state index in [0.29, 0.717) is 5.56 Å². The first-order valence-electron chi connectivity index (χ1n) is 7.94. The minimum absolute atomic E-state index is 0.0926. The summed E-state index contributed by atoms with van der Waals surface area (Å²) in [6, 6.07) is 12.2. The number of benzene rings is 2. The number of para-hydroxylation sites is 2. The molecule has 0 aliphatic carbocycles. The number of carboxylic acids is 1. The van der Waals surface area contributed by atoms with Crippen LogP contribution in [0, 0.1) is 0 Å². The van der Waals surface area contributed by atoms with Gasteiger partial charge in [0.1, 0.15) is 11.5 Å². The number of carbonyl (C=O) groups is 2. The number of hydrogen-bond donors (Lipinski definition) is 1. The molecule has 0 fully saturated rings. The molecule has 1 N–H and O–H groups in total. The Morgan fingerprint density at radius 1 is 1.14 bits per heavy atom. The van der Waals surface area contributed by atoms with Gasteiger partial charge >= 0.3 is 18.6 Å². The Morgan fingerprint density at radius 3 is 2.54 bits per heavy atom. The monoisotopic (exact) mass is 389 g/mol. The van der Waals surface area contributed by atoms with Gasteiger partial charge in [0, 0.05) is 5.56 Å². The van der Waals surface area contributed by atoms with Crippen LogP contribution in [0.1, 0.15) is 11.1 Å². The van der Waals surface area contributed by atoms with Crippen LogP contribution in [0.15, 0.2) is 59.2 Å². The van der Waals surface area contributed by atoms with Crippen molar-refractivity contribution in [1.82, 2.24) is 0 Å². The van der Waals surface area contributed by atoms with Gasteiger partial charge in [-0.1, -0.05) is 30.3 Å². The van der Waals surface area contributed by atoms with E-state index in [9.17, 15) is 18.4 Å². The van der Waals surface area contributed by atoms with Crippen LogP contribution in [-0.4, -0.2) is 36.2 Å². The van der Waals surface area contributed by atoms with Crippen LogP contribution in [-0.2, 0) is 14.3 Å². The molecule has 9 heteroatoms. The third-order valence-corrected chi connectivity index (χ3v) is 3.52. The highest BCUT2D eigenvalue weighted by Gasteiger charge is 2.27. The molecule has 0 radical (unpaired) electrons. The lowest BCUT2D eigenvalue weighted by Crippen LogP contribution is -2.10. The van der Waals surface area contributed by atoms with Gasteiger partial charge in [-0.3, -0.25) is 0 Å². The van der Waals surface area contributed by atoms with Crippen molar-refractivity contribution in [3.8, 4) is 11.5 Å². The van der Waals surface area contributed by atoms with Gasteiger partial charge in [0.15, 0.2) is 12.3 Å². The molecule has 1 heterocycles. The number of hydrogen-bond acceptors (Lipinski definition) is 6. The number of carbonyl (C=O) groups excluding carboxylic acids is 1. The van der Waals surface area contributed by atoms with Gasteiger partial charge in [0.05, 0.1) is 5.56 Å². The average Bonchev–Trinajstić information content (AvgIpc) is 3.01. The highest BCUT2D eigenvalue weighted by molar-refractivity contribution is 6.13. The molecule has 3 rings (SSSR count). The van der Waals surface area contributed by atoms with E-state index in [1.165, 1.54) is 30.3 Å². The van der Waals surface area contributed by atoms with E-state index < -0.39 is 25.2 Å². The second-order valence-electron chi connectivity index (χ2n) is 5.43. The fourth-order valence-corrected chi connectivity index (χ4v) is 2.38. The summed E-state index contributed by atoms with van der Waals surface area (Å²) in [5, 5.41) is 8.74. The Labute approximate surface area is 157 Å². The van der Waals surface area contributed by atoms with Gasteiger partial charge in [-0.25, -0.2) is 14.6 Å². The number of cyclic esters (lactones) is 1. The van der Waals surface area contributed by atoms with Gasteiger partial charge in [-0.05, 0) is 24.3 Å². The Balaban J connectivity index is 1.92. The van der Waals surface area contributed by atoms with E-state index in [0.717, 1.165) is 0 Å². The van der Waals surface area contributed by atoms with Crippen molar-refractivity contribution >= 4 is 23.9 Å². The molecule has 1 aliphatic heterocycles. The van der Waals surface area contributed by atoms with E-state index in [4.69, 9.17) is 14.6 Å². The number of carboxylic acid groups (broad SMARTS) is 1. The lowest BCUT2D eigenvalue weighted by molar-refractivity contribution is -0.139. The van der Waals surface area contributed by atoms with E-state index in [2.05, 4.69) is 9.73 Å². The second-order valence-corrected chi connectivity index (χ2v) is 5.43. The van der Waals surface area contributed by atoms with E-state index in [-0.39, 0.29) is 28.7 Å². The zero-order valence-electron chi connectivity index (χ0n) is 14.2. The molecule has 144 valence electrons. The first-order valence-corrected chi connectivity index (χ1v) is 7.94. The minimum Gasteiger partial charge on any atom is -0.481 e. The largest absolute Gasteiger partial charge is 0.481 e. The van der Waals surface area contributed by atoms with Crippen molar-refractivity contribution in [2.45, 2.75) is 6.61 Å². The van der Waals surface area contributed by atoms with Crippen LogP contribution in [0.3, 0.4) is 0 Å². The summed E-state index contributed by atoms with van der Waals surface area (Å²) in [7, 11) is 0. The van der Waals surface area contributed by atoms with Gasteiger partial charge < -0.3 is 19.3 Å². The van der Waals surface area contributed by atoms with Crippen LogP contribution >= 0.6 is 0 Å². The summed E-state index contributed by atoms with van der Waals surface area (Å²) in [6.45, 7) is -3.61. The third kappa shape index (κ3) is 4.50. The number of alkyl halides is 2. The normalized spacial score (nSPS) is 14.8. The van der Waals surface area contributed by atoms with E-state index in [1.54, 1.807) is 24.3 Å². The molecule has 28 heavy (non-hydrogen) atoms. The molecule has 0 atom stereocenters. The van der Waals surface area contributed by atoms with E-state index >= 15 is 0 Å². The van der Waals surface area contributed by atoms with Crippen molar-refractivity contribution in [1.29, 1.82) is 0 Å². The minimum atomic E-state index is -3.05. The molecule has 0 unspecified atom stereocenters. The molecule has 2 aromatic rings. The number of nitrogens with zero attached hydrogens (tertiary/aromatic N) is 1. The molecule has 0 spiro atoms. The maximum absolute atomic E-state index is 12.6. The average molecular weight is 389 g/mol. The quantitative estimate of drug-likeness (QED) is 0.578. The number of esters is 1. The topological polar surface area (TPSA) is 94.4 Å². The first kappa shape index (κ1) is 19.0. The SMILES string of the molecule is O=C(O)COc1ccccc1/C=C1\N=C(c2ccccc2OC(F)F)OC1=O. The molecule has 0 amide bonds. The zero-order chi connectivity index (χ0) is 20.1. The smallest absolute Gasteiger partial charge is 0.387 e. The number of ether oxygens (including phenoxy) is 3. The number of halogens is 2. The highest BCUT2D eigenvalue weighted by Crippen LogP contribution is 2.28. The third-order valence-electron chi connectivity index (χ3n) is 3.52. The van der Waals surface area contributed by atoms with Crippen LogP contribution < -0.4 is 9.47 Å². The summed E-state index contributed by atoms with van der Waals surface area (Å²) in [5.41, 5.74) is 0.390. The molecule has 0 aromatic heterocycles.